The molecule has 1 fully saturated rings. The summed E-state index contributed by atoms with van der Waals surface area (Å²) >= 11 is 0. The first-order chi connectivity index (χ1) is 11.6. The summed E-state index contributed by atoms with van der Waals surface area (Å²) in [5, 5.41) is 2.93. The van der Waals surface area contributed by atoms with Crippen molar-refractivity contribution in [3.05, 3.63) is 59.7 Å². The maximum absolute atomic E-state index is 13.2. The number of hydrogen-bond donors (Lipinski definition) is 2. The molecular formula is C18H19ClF2N2O2. The van der Waals surface area contributed by atoms with Crippen LogP contribution in [0.5, 0.6) is 11.5 Å². The lowest BCUT2D eigenvalue weighted by molar-refractivity contribution is 0.0933. The van der Waals surface area contributed by atoms with Crippen LogP contribution in [0.25, 0.3) is 0 Å². The quantitative estimate of drug-likeness (QED) is 0.818. The van der Waals surface area contributed by atoms with E-state index in [2.05, 4.69) is 5.32 Å². The van der Waals surface area contributed by atoms with Gasteiger partial charge < -0.3 is 15.8 Å². The van der Waals surface area contributed by atoms with Crippen LogP contribution in [0.15, 0.2) is 42.5 Å². The van der Waals surface area contributed by atoms with Crippen molar-refractivity contribution in [1.29, 1.82) is 0 Å². The van der Waals surface area contributed by atoms with E-state index >= 15 is 0 Å². The van der Waals surface area contributed by atoms with Crippen LogP contribution in [0.1, 0.15) is 23.2 Å². The van der Waals surface area contributed by atoms with Gasteiger partial charge in [-0.1, -0.05) is 0 Å². The minimum atomic E-state index is -0.976. The summed E-state index contributed by atoms with van der Waals surface area (Å²) in [6.45, 7) is 0.424. The first-order valence-corrected chi connectivity index (χ1v) is 7.80. The van der Waals surface area contributed by atoms with Gasteiger partial charge in [-0.15, -0.1) is 12.4 Å². The van der Waals surface area contributed by atoms with E-state index in [-0.39, 0.29) is 30.1 Å². The molecule has 1 unspecified atom stereocenters. The van der Waals surface area contributed by atoms with Crippen LogP contribution >= 0.6 is 12.4 Å². The van der Waals surface area contributed by atoms with Crippen molar-refractivity contribution in [3.8, 4) is 11.5 Å². The van der Waals surface area contributed by atoms with Crippen LogP contribution in [0.3, 0.4) is 0 Å². The first kappa shape index (κ1) is 19.1. The Morgan fingerprint density at radius 1 is 1.12 bits per heavy atom. The fourth-order valence-corrected chi connectivity index (χ4v) is 2.47. The number of nitrogens with two attached hydrogens (primary N) is 1. The summed E-state index contributed by atoms with van der Waals surface area (Å²) in [7, 11) is 0. The summed E-state index contributed by atoms with van der Waals surface area (Å²) in [6.07, 6.45) is 2.20. The van der Waals surface area contributed by atoms with Crippen LogP contribution in [0.4, 0.5) is 8.78 Å². The molecule has 3 N–H and O–H groups in total. The van der Waals surface area contributed by atoms with Crippen molar-refractivity contribution >= 4 is 18.3 Å². The fourth-order valence-electron chi connectivity index (χ4n) is 2.47. The summed E-state index contributed by atoms with van der Waals surface area (Å²) in [5.41, 5.74) is 6.17. The van der Waals surface area contributed by atoms with Gasteiger partial charge in [-0.2, -0.15) is 0 Å². The number of benzene rings is 2. The molecular weight excluding hydrogens is 350 g/mol. The number of rotatable bonds is 6. The molecule has 4 nitrogen and oxygen atoms in total. The van der Waals surface area contributed by atoms with Crippen LogP contribution in [0.2, 0.25) is 0 Å². The van der Waals surface area contributed by atoms with E-state index in [0.717, 1.165) is 25.0 Å². The SMILES string of the molecule is Cl.NCC(NC(=O)c1ccc(Oc2ccc(F)c(F)c2)cc1)C1CC1. The maximum Gasteiger partial charge on any atom is 0.251 e. The van der Waals surface area contributed by atoms with Crippen molar-refractivity contribution in [2.24, 2.45) is 11.7 Å². The van der Waals surface area contributed by atoms with Gasteiger partial charge in [0, 0.05) is 24.2 Å². The molecule has 1 aliphatic carbocycles. The lowest BCUT2D eigenvalue weighted by Crippen LogP contribution is -2.41. The van der Waals surface area contributed by atoms with E-state index in [1.54, 1.807) is 24.3 Å². The molecule has 1 aliphatic rings. The van der Waals surface area contributed by atoms with E-state index in [1.165, 1.54) is 6.07 Å². The van der Waals surface area contributed by atoms with Crippen molar-refractivity contribution in [2.45, 2.75) is 18.9 Å². The van der Waals surface area contributed by atoms with E-state index in [0.29, 0.717) is 23.8 Å². The van der Waals surface area contributed by atoms with E-state index in [1.807, 2.05) is 0 Å². The summed E-state index contributed by atoms with van der Waals surface area (Å²) in [4.78, 5) is 12.2. The largest absolute Gasteiger partial charge is 0.457 e. The first-order valence-electron chi connectivity index (χ1n) is 7.80. The van der Waals surface area contributed by atoms with Gasteiger partial charge in [-0.3, -0.25) is 4.79 Å². The maximum atomic E-state index is 13.2. The summed E-state index contributed by atoms with van der Waals surface area (Å²) < 4.78 is 31.5. The van der Waals surface area contributed by atoms with Crippen molar-refractivity contribution in [1.82, 2.24) is 5.32 Å². The Kier molecular flexibility index (Phi) is 6.33. The minimum Gasteiger partial charge on any atom is -0.457 e. The third kappa shape index (κ3) is 4.90. The van der Waals surface area contributed by atoms with Crippen LogP contribution in [-0.4, -0.2) is 18.5 Å². The van der Waals surface area contributed by atoms with Crippen LogP contribution in [0, 0.1) is 17.6 Å². The zero-order valence-corrected chi connectivity index (χ0v) is 14.2. The second-order valence-electron chi connectivity index (χ2n) is 5.86. The molecule has 0 bridgehead atoms. The molecule has 2 aromatic rings. The molecule has 134 valence electrons. The Balaban J connectivity index is 0.00000225. The Hall–Kier alpha value is -2.18. The summed E-state index contributed by atoms with van der Waals surface area (Å²) in [6, 6.07) is 9.75. The van der Waals surface area contributed by atoms with Gasteiger partial charge in [-0.05, 0) is 55.2 Å². The van der Waals surface area contributed by atoms with Crippen molar-refractivity contribution in [2.75, 3.05) is 6.54 Å². The van der Waals surface area contributed by atoms with Crippen molar-refractivity contribution < 1.29 is 18.3 Å². The van der Waals surface area contributed by atoms with Gasteiger partial charge in [0.25, 0.3) is 5.91 Å². The topological polar surface area (TPSA) is 64.3 Å². The molecule has 0 aromatic heterocycles. The lowest BCUT2D eigenvalue weighted by atomic mass is 10.1. The molecule has 1 amide bonds. The van der Waals surface area contributed by atoms with Gasteiger partial charge >= 0.3 is 0 Å². The third-order valence-corrected chi connectivity index (χ3v) is 4.00. The van der Waals surface area contributed by atoms with E-state index < -0.39 is 11.6 Å². The molecule has 0 spiro atoms. The number of hydrogen-bond acceptors (Lipinski definition) is 3. The van der Waals surface area contributed by atoms with Gasteiger partial charge in [-0.25, -0.2) is 8.78 Å². The predicted octanol–water partition coefficient (Wildman–Crippen LogP) is 3.65. The Morgan fingerprint density at radius 3 is 2.32 bits per heavy atom. The molecule has 2 aromatic carbocycles. The van der Waals surface area contributed by atoms with Gasteiger partial charge in [0.15, 0.2) is 11.6 Å². The van der Waals surface area contributed by atoms with Gasteiger partial charge in [0.05, 0.1) is 0 Å². The highest BCUT2D eigenvalue weighted by atomic mass is 35.5. The smallest absolute Gasteiger partial charge is 0.251 e. The van der Waals surface area contributed by atoms with E-state index in [4.69, 9.17) is 10.5 Å². The fraction of sp³-hybridized carbons (Fsp3) is 0.278. The van der Waals surface area contributed by atoms with Crippen LogP contribution in [-0.2, 0) is 0 Å². The standard InChI is InChI=1S/C18H18F2N2O2.ClH/c19-15-8-7-14(9-16(15)20)24-13-5-3-12(4-6-13)18(23)22-17(10-21)11-1-2-11;/h3-9,11,17H,1-2,10,21H2,(H,22,23);1H. The molecule has 0 heterocycles. The minimum absolute atomic E-state index is 0. The monoisotopic (exact) mass is 368 g/mol. The zero-order chi connectivity index (χ0) is 17.1. The number of amides is 1. The molecule has 0 saturated heterocycles. The molecule has 1 saturated carbocycles. The van der Waals surface area contributed by atoms with Gasteiger partial charge in [0.2, 0.25) is 0 Å². The predicted molar refractivity (Wildman–Crippen MR) is 93.2 cm³/mol. The number of carbonyl (C=O) groups is 1. The number of carbonyl (C=O) groups excluding carboxylic acids is 1. The second-order valence-corrected chi connectivity index (χ2v) is 5.86. The average Bonchev–Trinajstić information content (AvgIpc) is 3.41. The normalized spacial score (nSPS) is 14.4. The number of halogens is 3. The highest BCUT2D eigenvalue weighted by Crippen LogP contribution is 2.32. The third-order valence-electron chi connectivity index (χ3n) is 4.00. The van der Waals surface area contributed by atoms with Gasteiger partial charge in [0.1, 0.15) is 11.5 Å². The zero-order valence-electron chi connectivity index (χ0n) is 13.4. The summed E-state index contributed by atoms with van der Waals surface area (Å²) in [5.74, 6) is -0.999. The van der Waals surface area contributed by atoms with Crippen LogP contribution < -0.4 is 15.8 Å². The molecule has 0 aliphatic heterocycles. The lowest BCUT2D eigenvalue weighted by Gasteiger charge is -2.16. The molecule has 7 heteroatoms. The highest BCUT2D eigenvalue weighted by molar-refractivity contribution is 5.94. The number of nitrogens with one attached hydrogen (secondary N) is 1. The van der Waals surface area contributed by atoms with E-state index in [9.17, 15) is 13.6 Å². The second kappa shape index (κ2) is 8.27. The molecule has 25 heavy (non-hydrogen) atoms. The Bertz CT molecular complexity index is 736. The Labute approximate surface area is 150 Å². The molecule has 3 rings (SSSR count). The highest BCUT2D eigenvalue weighted by Gasteiger charge is 2.31. The number of ether oxygens (including phenoxy) is 1. The average molecular weight is 369 g/mol. The van der Waals surface area contributed by atoms with Crippen molar-refractivity contribution in [3.63, 3.8) is 0 Å². The Morgan fingerprint density at radius 2 is 1.76 bits per heavy atom. The molecule has 1 atom stereocenters. The molecule has 0 radical (unpaired) electrons.